The molecule has 1 heterocycles. The zero-order chi connectivity index (χ0) is 7.56. The molecule has 10 heavy (non-hydrogen) atoms. The third-order valence-corrected chi connectivity index (χ3v) is 1.88. The van der Waals surface area contributed by atoms with Gasteiger partial charge in [-0.3, -0.25) is 9.10 Å². The van der Waals surface area contributed by atoms with Crippen molar-refractivity contribution in [2.45, 2.75) is 19.1 Å². The lowest BCUT2D eigenvalue weighted by atomic mass is 10.6. The maximum absolute atomic E-state index is 10.6. The van der Waals surface area contributed by atoms with E-state index in [1.807, 2.05) is 4.31 Å². The number of rotatable bonds is 2. The summed E-state index contributed by atoms with van der Waals surface area (Å²) in [5.74, 6) is -0.0480. The minimum absolute atomic E-state index is 0.0480. The minimum atomic E-state index is -0.0480. The van der Waals surface area contributed by atoms with E-state index in [1.54, 1.807) is 18.3 Å². The Kier molecular flexibility index (Phi) is 2.32. The number of nitrogens with zero attached hydrogens (tertiary/aromatic N) is 2. The highest BCUT2D eigenvalue weighted by molar-refractivity contribution is 7.98. The number of hydrogen-bond donors (Lipinski definition) is 0. The van der Waals surface area contributed by atoms with Crippen LogP contribution in [0.2, 0.25) is 0 Å². The quantitative estimate of drug-likeness (QED) is 0.560. The fourth-order valence-corrected chi connectivity index (χ4v) is 1.51. The molecular formula is C6H10N2OS. The van der Waals surface area contributed by atoms with Crippen LogP contribution in [0, 0.1) is 0 Å². The van der Waals surface area contributed by atoms with Crippen molar-refractivity contribution < 1.29 is 4.79 Å². The van der Waals surface area contributed by atoms with Crippen molar-refractivity contribution >= 4 is 24.2 Å². The normalized spacial score (nSPS) is 17.5. The molecule has 0 aromatic rings. The topological polar surface area (TPSA) is 32.7 Å². The summed E-state index contributed by atoms with van der Waals surface area (Å²) < 4.78 is 1.85. The van der Waals surface area contributed by atoms with Gasteiger partial charge in [0.15, 0.2) is 0 Å². The molecule has 0 fully saturated rings. The van der Waals surface area contributed by atoms with E-state index in [1.165, 1.54) is 0 Å². The van der Waals surface area contributed by atoms with Crippen molar-refractivity contribution in [3.8, 4) is 0 Å². The molecule has 0 aromatic heterocycles. The van der Waals surface area contributed by atoms with Crippen LogP contribution < -0.4 is 0 Å². The fourth-order valence-electron chi connectivity index (χ4n) is 0.679. The van der Waals surface area contributed by atoms with Crippen molar-refractivity contribution in [2.24, 2.45) is 4.99 Å². The van der Waals surface area contributed by atoms with Crippen LogP contribution in [0.1, 0.15) is 13.8 Å². The average Bonchev–Trinajstić information content (AvgIpc) is 2.13. The lowest BCUT2D eigenvalue weighted by Crippen LogP contribution is -2.15. The second-order valence-electron chi connectivity index (χ2n) is 2.37. The molecule has 0 bridgehead atoms. The molecule has 1 aliphatic heterocycles. The van der Waals surface area contributed by atoms with Gasteiger partial charge in [0.1, 0.15) is 12.9 Å². The standard InChI is InChI=1S/C6H10N2OS/c1-5(2)10-8-3-6(9)7-4-8/h4-5H,3H2,1-2H3. The van der Waals surface area contributed by atoms with Crippen molar-refractivity contribution in [3.63, 3.8) is 0 Å². The van der Waals surface area contributed by atoms with Crippen molar-refractivity contribution in [3.05, 3.63) is 0 Å². The molecule has 0 aromatic carbocycles. The first-order valence-corrected chi connectivity index (χ1v) is 4.02. The SMILES string of the molecule is CC(C)SN1C=NC(=O)C1. The van der Waals surface area contributed by atoms with Gasteiger partial charge in [0, 0.05) is 5.25 Å². The maximum atomic E-state index is 10.6. The van der Waals surface area contributed by atoms with E-state index < -0.39 is 0 Å². The molecule has 0 atom stereocenters. The number of hydrogen-bond acceptors (Lipinski definition) is 3. The van der Waals surface area contributed by atoms with Gasteiger partial charge in [0.25, 0.3) is 5.91 Å². The molecule has 4 heteroatoms. The van der Waals surface area contributed by atoms with E-state index in [4.69, 9.17) is 0 Å². The molecule has 1 rings (SSSR count). The van der Waals surface area contributed by atoms with Gasteiger partial charge in [-0.05, 0) is 11.9 Å². The van der Waals surface area contributed by atoms with E-state index in [2.05, 4.69) is 18.8 Å². The van der Waals surface area contributed by atoms with Gasteiger partial charge in [-0.15, -0.1) is 0 Å². The van der Waals surface area contributed by atoms with Crippen LogP contribution in [-0.4, -0.2) is 28.3 Å². The average molecular weight is 158 g/mol. The van der Waals surface area contributed by atoms with Gasteiger partial charge in [-0.2, -0.15) is 0 Å². The van der Waals surface area contributed by atoms with Gasteiger partial charge in [0.2, 0.25) is 0 Å². The molecule has 0 spiro atoms. The zero-order valence-electron chi connectivity index (χ0n) is 6.07. The Hall–Kier alpha value is -0.510. The third-order valence-electron chi connectivity index (χ3n) is 0.968. The maximum Gasteiger partial charge on any atom is 0.267 e. The summed E-state index contributed by atoms with van der Waals surface area (Å²) in [5, 5.41) is 0.511. The highest BCUT2D eigenvalue weighted by atomic mass is 32.2. The monoisotopic (exact) mass is 158 g/mol. The Labute approximate surface area is 64.6 Å². The predicted octanol–water partition coefficient (Wildman–Crippen LogP) is 0.914. The van der Waals surface area contributed by atoms with Crippen molar-refractivity contribution in [1.82, 2.24) is 4.31 Å². The van der Waals surface area contributed by atoms with E-state index in [9.17, 15) is 4.79 Å². The van der Waals surface area contributed by atoms with Gasteiger partial charge in [-0.1, -0.05) is 13.8 Å². The summed E-state index contributed by atoms with van der Waals surface area (Å²) >= 11 is 1.63. The second-order valence-corrected chi connectivity index (χ2v) is 3.99. The Morgan fingerprint density at radius 2 is 2.50 bits per heavy atom. The molecule has 3 nitrogen and oxygen atoms in total. The van der Waals surface area contributed by atoms with E-state index in [-0.39, 0.29) is 5.91 Å². The number of aliphatic imine (C=N–C) groups is 1. The van der Waals surface area contributed by atoms with E-state index >= 15 is 0 Å². The van der Waals surface area contributed by atoms with Gasteiger partial charge in [0.05, 0.1) is 0 Å². The Morgan fingerprint density at radius 3 is 2.90 bits per heavy atom. The molecule has 0 unspecified atom stereocenters. The van der Waals surface area contributed by atoms with Crippen LogP contribution in [0.5, 0.6) is 0 Å². The summed E-state index contributed by atoms with van der Waals surface area (Å²) in [6, 6.07) is 0. The third kappa shape index (κ3) is 2.02. The van der Waals surface area contributed by atoms with Crippen molar-refractivity contribution in [2.75, 3.05) is 6.54 Å². The molecule has 0 saturated heterocycles. The molecule has 0 aliphatic carbocycles. The number of carbonyl (C=O) groups excluding carboxylic acids is 1. The van der Waals surface area contributed by atoms with E-state index in [0.717, 1.165) is 0 Å². The van der Waals surface area contributed by atoms with Crippen LogP contribution in [-0.2, 0) is 4.79 Å². The fraction of sp³-hybridized carbons (Fsp3) is 0.667. The number of amides is 1. The molecule has 1 aliphatic rings. The van der Waals surface area contributed by atoms with Gasteiger partial charge < -0.3 is 0 Å². The lowest BCUT2D eigenvalue weighted by molar-refractivity contribution is -0.116. The first kappa shape index (κ1) is 7.60. The van der Waals surface area contributed by atoms with Gasteiger partial charge >= 0.3 is 0 Å². The Morgan fingerprint density at radius 1 is 1.80 bits per heavy atom. The highest BCUT2D eigenvalue weighted by Crippen LogP contribution is 2.16. The summed E-state index contributed by atoms with van der Waals surface area (Å²) in [7, 11) is 0. The zero-order valence-corrected chi connectivity index (χ0v) is 6.89. The highest BCUT2D eigenvalue weighted by Gasteiger charge is 2.14. The summed E-state index contributed by atoms with van der Waals surface area (Å²) in [5.41, 5.74) is 0. The minimum Gasteiger partial charge on any atom is -0.297 e. The first-order chi connectivity index (χ1) is 4.68. The summed E-state index contributed by atoms with van der Waals surface area (Å²) in [6.07, 6.45) is 1.59. The van der Waals surface area contributed by atoms with Gasteiger partial charge in [-0.25, -0.2) is 4.99 Å². The van der Waals surface area contributed by atoms with Crippen LogP contribution in [0.3, 0.4) is 0 Å². The summed E-state index contributed by atoms with van der Waals surface area (Å²) in [4.78, 5) is 14.2. The molecule has 1 amide bonds. The van der Waals surface area contributed by atoms with Crippen LogP contribution in [0.4, 0.5) is 0 Å². The number of carbonyl (C=O) groups is 1. The first-order valence-electron chi connectivity index (χ1n) is 3.19. The molecule has 56 valence electrons. The molecule has 0 N–H and O–H groups in total. The Balaban J connectivity index is 2.33. The van der Waals surface area contributed by atoms with Crippen LogP contribution in [0.15, 0.2) is 4.99 Å². The van der Waals surface area contributed by atoms with Crippen LogP contribution >= 0.6 is 11.9 Å². The Bertz CT molecular complexity index is 167. The largest absolute Gasteiger partial charge is 0.297 e. The summed E-state index contributed by atoms with van der Waals surface area (Å²) in [6.45, 7) is 4.60. The predicted molar refractivity (Wildman–Crippen MR) is 42.9 cm³/mol. The van der Waals surface area contributed by atoms with E-state index in [0.29, 0.717) is 11.8 Å². The van der Waals surface area contributed by atoms with Crippen LogP contribution in [0.25, 0.3) is 0 Å². The molecule has 0 saturated carbocycles. The molecular weight excluding hydrogens is 148 g/mol. The molecule has 0 radical (unpaired) electrons. The lowest BCUT2D eigenvalue weighted by Gasteiger charge is -2.12. The smallest absolute Gasteiger partial charge is 0.267 e. The second kappa shape index (κ2) is 3.05. The van der Waals surface area contributed by atoms with Crippen molar-refractivity contribution in [1.29, 1.82) is 0 Å².